The molecule has 2 aromatic heterocycles. The van der Waals surface area contributed by atoms with Gasteiger partial charge < -0.3 is 24.5 Å². The fourth-order valence-corrected chi connectivity index (χ4v) is 3.43. The quantitative estimate of drug-likeness (QED) is 0.449. The van der Waals surface area contributed by atoms with E-state index in [1.165, 1.54) is 5.56 Å². The Bertz CT molecular complexity index is 1270. The molecule has 0 unspecified atom stereocenters. The highest BCUT2D eigenvalue weighted by molar-refractivity contribution is 5.93. The SMILES string of the molecule is Cc1ccc(-c2nc(CCNC(=O)Nc3ccc4c(ccn4CC(=O)N(C)C)c3)co2)cc1. The first-order valence-electron chi connectivity index (χ1n) is 10.7. The lowest BCUT2D eigenvalue weighted by molar-refractivity contribution is -0.129. The Morgan fingerprint density at radius 3 is 2.64 bits per heavy atom. The highest BCUT2D eigenvalue weighted by Gasteiger charge is 2.10. The molecule has 2 heterocycles. The maximum atomic E-state index is 12.3. The van der Waals surface area contributed by atoms with Gasteiger partial charge in [0.25, 0.3) is 0 Å². The lowest BCUT2D eigenvalue weighted by Crippen LogP contribution is -2.30. The summed E-state index contributed by atoms with van der Waals surface area (Å²) in [4.78, 5) is 30.3. The van der Waals surface area contributed by atoms with Gasteiger partial charge in [-0.2, -0.15) is 0 Å². The Balaban J connectivity index is 1.29. The van der Waals surface area contributed by atoms with Gasteiger partial charge in [0, 0.05) is 55.4 Å². The normalized spacial score (nSPS) is 10.9. The zero-order valence-corrected chi connectivity index (χ0v) is 19.0. The Labute approximate surface area is 192 Å². The molecule has 2 N–H and O–H groups in total. The third-order valence-electron chi connectivity index (χ3n) is 5.35. The lowest BCUT2D eigenvalue weighted by atomic mass is 10.1. The summed E-state index contributed by atoms with van der Waals surface area (Å²) < 4.78 is 7.45. The molecule has 170 valence electrons. The number of aryl methyl sites for hydroxylation is 1. The van der Waals surface area contributed by atoms with Crippen LogP contribution in [0.4, 0.5) is 10.5 Å². The molecule has 0 radical (unpaired) electrons. The first-order chi connectivity index (χ1) is 15.9. The second-order valence-corrected chi connectivity index (χ2v) is 8.15. The fourth-order valence-electron chi connectivity index (χ4n) is 3.43. The van der Waals surface area contributed by atoms with Gasteiger partial charge in [-0.1, -0.05) is 17.7 Å². The number of benzene rings is 2. The number of nitrogens with zero attached hydrogens (tertiary/aromatic N) is 3. The van der Waals surface area contributed by atoms with Crippen LogP contribution >= 0.6 is 0 Å². The van der Waals surface area contributed by atoms with Crippen LogP contribution in [0, 0.1) is 6.92 Å². The van der Waals surface area contributed by atoms with Crippen molar-refractivity contribution in [3.8, 4) is 11.5 Å². The number of carbonyl (C=O) groups excluding carboxylic acids is 2. The molecule has 4 rings (SSSR count). The number of aromatic nitrogens is 2. The number of likely N-dealkylation sites (N-methyl/N-ethyl adjacent to an activating group) is 1. The number of urea groups is 1. The molecule has 8 nitrogen and oxygen atoms in total. The van der Waals surface area contributed by atoms with Gasteiger partial charge >= 0.3 is 6.03 Å². The summed E-state index contributed by atoms with van der Waals surface area (Å²) >= 11 is 0. The van der Waals surface area contributed by atoms with E-state index < -0.39 is 0 Å². The summed E-state index contributed by atoms with van der Waals surface area (Å²) in [6, 6.07) is 15.2. The van der Waals surface area contributed by atoms with Gasteiger partial charge in [0.1, 0.15) is 12.8 Å². The van der Waals surface area contributed by atoms with E-state index in [2.05, 4.69) is 15.6 Å². The van der Waals surface area contributed by atoms with Crippen LogP contribution in [0.25, 0.3) is 22.4 Å². The molecule has 33 heavy (non-hydrogen) atoms. The van der Waals surface area contributed by atoms with Crippen molar-refractivity contribution in [1.82, 2.24) is 19.8 Å². The standard InChI is InChI=1S/C25H27N5O3/c1-17-4-6-18(7-5-17)24-27-21(16-33-24)10-12-26-25(32)28-20-8-9-22-19(14-20)11-13-30(22)15-23(31)29(2)3/h4-9,11,13-14,16H,10,12,15H2,1-3H3,(H2,26,28,32). The largest absolute Gasteiger partial charge is 0.444 e. The van der Waals surface area contributed by atoms with Gasteiger partial charge in [-0.25, -0.2) is 9.78 Å². The number of anilines is 1. The number of oxazole rings is 1. The molecule has 3 amide bonds. The third-order valence-corrected chi connectivity index (χ3v) is 5.35. The van der Waals surface area contributed by atoms with Gasteiger partial charge in [-0.15, -0.1) is 0 Å². The Morgan fingerprint density at radius 2 is 1.88 bits per heavy atom. The molecule has 4 aromatic rings. The average molecular weight is 446 g/mol. The van der Waals surface area contributed by atoms with E-state index in [1.54, 1.807) is 25.3 Å². The number of nitrogens with one attached hydrogen (secondary N) is 2. The molecular weight excluding hydrogens is 418 g/mol. The van der Waals surface area contributed by atoms with Gasteiger partial charge in [0.2, 0.25) is 11.8 Å². The molecule has 0 aliphatic carbocycles. The van der Waals surface area contributed by atoms with Gasteiger partial charge in [-0.3, -0.25) is 4.79 Å². The van der Waals surface area contributed by atoms with E-state index in [9.17, 15) is 9.59 Å². The highest BCUT2D eigenvalue weighted by atomic mass is 16.3. The van der Waals surface area contributed by atoms with Crippen LogP contribution in [-0.4, -0.2) is 47.0 Å². The number of hydrogen-bond acceptors (Lipinski definition) is 4. The number of amides is 3. The van der Waals surface area contributed by atoms with Crippen LogP contribution < -0.4 is 10.6 Å². The first-order valence-corrected chi connectivity index (χ1v) is 10.7. The maximum absolute atomic E-state index is 12.3. The topological polar surface area (TPSA) is 92.4 Å². The van der Waals surface area contributed by atoms with Crippen molar-refractivity contribution in [2.75, 3.05) is 26.0 Å². The van der Waals surface area contributed by atoms with Crippen LogP contribution in [0.15, 0.2) is 65.4 Å². The molecule has 0 fully saturated rings. The van der Waals surface area contributed by atoms with Crippen molar-refractivity contribution in [2.24, 2.45) is 0 Å². The van der Waals surface area contributed by atoms with Gasteiger partial charge in [0.15, 0.2) is 0 Å². The van der Waals surface area contributed by atoms with Gasteiger partial charge in [-0.05, 0) is 43.3 Å². The second-order valence-electron chi connectivity index (χ2n) is 8.15. The Morgan fingerprint density at radius 1 is 1.09 bits per heavy atom. The van der Waals surface area contributed by atoms with E-state index in [1.807, 2.05) is 66.2 Å². The molecule has 0 spiro atoms. The molecule has 0 atom stereocenters. The van der Waals surface area contributed by atoms with Crippen molar-refractivity contribution in [3.05, 3.63) is 72.2 Å². The molecule has 0 saturated heterocycles. The minimum absolute atomic E-state index is 0.0205. The van der Waals surface area contributed by atoms with E-state index in [0.717, 1.165) is 22.2 Å². The Hall–Kier alpha value is -4.07. The molecule has 2 aromatic carbocycles. The molecule has 0 bridgehead atoms. The average Bonchev–Trinajstić information content (AvgIpc) is 3.41. The maximum Gasteiger partial charge on any atom is 0.319 e. The second kappa shape index (κ2) is 9.60. The van der Waals surface area contributed by atoms with E-state index >= 15 is 0 Å². The summed E-state index contributed by atoms with van der Waals surface area (Å²) in [7, 11) is 3.47. The molecule has 0 aliphatic heterocycles. The molecule has 0 aliphatic rings. The van der Waals surface area contributed by atoms with Crippen molar-refractivity contribution in [1.29, 1.82) is 0 Å². The number of hydrogen-bond donors (Lipinski definition) is 2. The lowest BCUT2D eigenvalue weighted by Gasteiger charge is -2.12. The van der Waals surface area contributed by atoms with Crippen LogP contribution in [0.1, 0.15) is 11.3 Å². The Kier molecular flexibility index (Phi) is 6.44. The minimum atomic E-state index is -0.293. The zero-order chi connectivity index (χ0) is 23.4. The number of carbonyl (C=O) groups is 2. The third kappa shape index (κ3) is 5.41. The predicted molar refractivity (Wildman–Crippen MR) is 128 cm³/mol. The first kappa shape index (κ1) is 22.1. The van der Waals surface area contributed by atoms with Crippen molar-refractivity contribution in [2.45, 2.75) is 19.9 Å². The minimum Gasteiger partial charge on any atom is -0.444 e. The van der Waals surface area contributed by atoms with Crippen molar-refractivity contribution in [3.63, 3.8) is 0 Å². The van der Waals surface area contributed by atoms with Crippen molar-refractivity contribution < 1.29 is 14.0 Å². The van der Waals surface area contributed by atoms with E-state index in [0.29, 0.717) is 24.5 Å². The van der Waals surface area contributed by atoms with E-state index in [-0.39, 0.29) is 18.5 Å². The zero-order valence-electron chi connectivity index (χ0n) is 19.0. The number of fused-ring (bicyclic) bond motifs is 1. The number of rotatable bonds is 7. The fraction of sp³-hybridized carbons (Fsp3) is 0.240. The van der Waals surface area contributed by atoms with E-state index in [4.69, 9.17) is 4.42 Å². The molecule has 8 heteroatoms. The van der Waals surface area contributed by atoms with Crippen LogP contribution in [-0.2, 0) is 17.8 Å². The van der Waals surface area contributed by atoms with Crippen LogP contribution in [0.5, 0.6) is 0 Å². The predicted octanol–water partition coefficient (Wildman–Crippen LogP) is 4.06. The summed E-state index contributed by atoms with van der Waals surface area (Å²) in [6.45, 7) is 2.73. The van der Waals surface area contributed by atoms with Gasteiger partial charge in [0.05, 0.1) is 5.69 Å². The highest BCUT2D eigenvalue weighted by Crippen LogP contribution is 2.21. The van der Waals surface area contributed by atoms with Crippen LogP contribution in [0.2, 0.25) is 0 Å². The monoisotopic (exact) mass is 445 g/mol. The molecular formula is C25H27N5O3. The summed E-state index contributed by atoms with van der Waals surface area (Å²) in [6.07, 6.45) is 4.05. The van der Waals surface area contributed by atoms with Crippen molar-refractivity contribution >= 4 is 28.5 Å². The summed E-state index contributed by atoms with van der Waals surface area (Å²) in [5, 5.41) is 6.64. The van der Waals surface area contributed by atoms with Crippen LogP contribution in [0.3, 0.4) is 0 Å². The molecule has 0 saturated carbocycles. The summed E-state index contributed by atoms with van der Waals surface area (Å²) in [5.74, 6) is 0.592. The smallest absolute Gasteiger partial charge is 0.319 e. The summed E-state index contributed by atoms with van der Waals surface area (Å²) in [5.41, 5.74) is 4.50.